The minimum Gasteiger partial charge on any atom is -0.380 e. The lowest BCUT2D eigenvalue weighted by Gasteiger charge is -2.22. The molecule has 2 heterocycles. The maximum atomic E-state index is 13.0. The maximum absolute atomic E-state index is 13.0. The number of anilines is 2. The molecule has 1 aliphatic heterocycles. The van der Waals surface area contributed by atoms with Gasteiger partial charge in [0.1, 0.15) is 5.69 Å². The zero-order valence-electron chi connectivity index (χ0n) is 15.6. The zero-order chi connectivity index (χ0) is 18.8. The highest BCUT2D eigenvalue weighted by Crippen LogP contribution is 2.32. The first-order valence-corrected chi connectivity index (χ1v) is 9.29. The Morgan fingerprint density at radius 1 is 1.11 bits per heavy atom. The van der Waals surface area contributed by atoms with Gasteiger partial charge in [-0.25, -0.2) is 4.98 Å². The van der Waals surface area contributed by atoms with Gasteiger partial charge in [0.25, 0.3) is 5.91 Å². The van der Waals surface area contributed by atoms with E-state index in [2.05, 4.69) is 42.3 Å². The highest BCUT2D eigenvalue weighted by Gasteiger charge is 2.31. The Hall–Kier alpha value is -3.14. The Bertz CT molecular complexity index is 965. The van der Waals surface area contributed by atoms with E-state index in [1.165, 1.54) is 16.7 Å². The first-order valence-electron chi connectivity index (χ1n) is 9.29. The topological polar surface area (TPSA) is 45.2 Å². The molecule has 2 aromatic carbocycles. The normalized spacial score (nSPS) is 15.5. The lowest BCUT2D eigenvalue weighted by molar-refractivity contribution is 0.0976. The molecule has 0 saturated carbocycles. The van der Waals surface area contributed by atoms with Gasteiger partial charge in [0.2, 0.25) is 0 Å². The smallest absolute Gasteiger partial charge is 0.277 e. The number of pyridine rings is 1. The Morgan fingerprint density at radius 3 is 2.67 bits per heavy atom. The van der Waals surface area contributed by atoms with Crippen LogP contribution in [0.25, 0.3) is 0 Å². The number of amides is 1. The minimum absolute atomic E-state index is 0.0436. The highest BCUT2D eigenvalue weighted by atomic mass is 16.2. The molecule has 3 aromatic rings. The third-order valence-electron chi connectivity index (χ3n) is 5.15. The lowest BCUT2D eigenvalue weighted by atomic mass is 10.1. The van der Waals surface area contributed by atoms with Gasteiger partial charge in [-0.2, -0.15) is 0 Å². The minimum atomic E-state index is -0.0436. The number of aryl methyl sites for hydroxylation is 1. The summed E-state index contributed by atoms with van der Waals surface area (Å²) >= 11 is 0. The second-order valence-corrected chi connectivity index (χ2v) is 7.07. The van der Waals surface area contributed by atoms with Gasteiger partial charge in [0.15, 0.2) is 0 Å². The number of fused-ring (bicyclic) bond motifs is 1. The van der Waals surface area contributed by atoms with Crippen LogP contribution >= 0.6 is 0 Å². The second kappa shape index (κ2) is 7.23. The van der Waals surface area contributed by atoms with Gasteiger partial charge in [0.05, 0.1) is 11.9 Å². The van der Waals surface area contributed by atoms with E-state index in [4.69, 9.17) is 0 Å². The summed E-state index contributed by atoms with van der Waals surface area (Å²) in [6.45, 7) is 4.92. The van der Waals surface area contributed by atoms with Crippen molar-refractivity contribution in [2.24, 2.45) is 0 Å². The van der Waals surface area contributed by atoms with Crippen molar-refractivity contribution < 1.29 is 4.79 Å². The molecule has 4 rings (SSSR count). The van der Waals surface area contributed by atoms with Crippen LogP contribution in [0.15, 0.2) is 66.9 Å². The van der Waals surface area contributed by atoms with Gasteiger partial charge in [-0.1, -0.05) is 42.5 Å². The van der Waals surface area contributed by atoms with Crippen molar-refractivity contribution in [2.45, 2.75) is 32.9 Å². The first kappa shape index (κ1) is 17.3. The summed E-state index contributed by atoms with van der Waals surface area (Å²) in [7, 11) is 0. The number of nitrogens with one attached hydrogen (secondary N) is 1. The lowest BCUT2D eigenvalue weighted by Crippen LogP contribution is -2.36. The van der Waals surface area contributed by atoms with E-state index in [1.54, 1.807) is 12.3 Å². The average Bonchev–Trinajstić information content (AvgIpc) is 3.03. The molecule has 1 aromatic heterocycles. The molecule has 1 atom stereocenters. The van der Waals surface area contributed by atoms with Gasteiger partial charge < -0.3 is 10.2 Å². The molecule has 1 aliphatic rings. The fraction of sp³-hybridized carbons (Fsp3) is 0.217. The van der Waals surface area contributed by atoms with E-state index in [0.717, 1.165) is 24.3 Å². The molecule has 1 amide bonds. The Balaban J connectivity index is 1.48. The van der Waals surface area contributed by atoms with Gasteiger partial charge in [0, 0.05) is 18.3 Å². The predicted octanol–water partition coefficient (Wildman–Crippen LogP) is 4.59. The van der Waals surface area contributed by atoms with Crippen molar-refractivity contribution >= 4 is 17.3 Å². The van der Waals surface area contributed by atoms with Crippen LogP contribution in [0.3, 0.4) is 0 Å². The van der Waals surface area contributed by atoms with Crippen molar-refractivity contribution in [3.05, 3.63) is 89.2 Å². The van der Waals surface area contributed by atoms with Crippen LogP contribution < -0.4 is 10.2 Å². The summed E-state index contributed by atoms with van der Waals surface area (Å²) in [5.41, 5.74) is 6.10. The summed E-state index contributed by atoms with van der Waals surface area (Å²) in [4.78, 5) is 19.3. The molecule has 0 bridgehead atoms. The Kier molecular flexibility index (Phi) is 4.63. The van der Waals surface area contributed by atoms with Crippen molar-refractivity contribution in [2.75, 3.05) is 10.2 Å². The molecule has 0 aliphatic carbocycles. The number of hydrogen-bond acceptors (Lipinski definition) is 3. The molecule has 27 heavy (non-hydrogen) atoms. The number of aromatic nitrogens is 1. The molecule has 0 radical (unpaired) electrons. The van der Waals surface area contributed by atoms with Crippen LogP contribution in [0.5, 0.6) is 0 Å². The average molecular weight is 357 g/mol. The first-order chi connectivity index (χ1) is 13.1. The molecular formula is C23H23N3O. The van der Waals surface area contributed by atoms with E-state index in [9.17, 15) is 4.79 Å². The van der Waals surface area contributed by atoms with Crippen molar-refractivity contribution in [3.63, 3.8) is 0 Å². The second-order valence-electron chi connectivity index (χ2n) is 7.07. The van der Waals surface area contributed by atoms with Crippen molar-refractivity contribution in [1.82, 2.24) is 4.98 Å². The van der Waals surface area contributed by atoms with E-state index in [1.807, 2.05) is 41.3 Å². The summed E-state index contributed by atoms with van der Waals surface area (Å²) in [5, 5.41) is 3.37. The molecule has 4 heteroatoms. The number of benzene rings is 2. The van der Waals surface area contributed by atoms with Gasteiger partial charge in [-0.05, 0) is 55.2 Å². The Morgan fingerprint density at radius 2 is 1.89 bits per heavy atom. The summed E-state index contributed by atoms with van der Waals surface area (Å²) in [6.07, 6.45) is 2.62. The monoisotopic (exact) mass is 357 g/mol. The highest BCUT2D eigenvalue weighted by molar-refractivity contribution is 6.06. The molecular weight excluding hydrogens is 334 g/mol. The third-order valence-corrected chi connectivity index (χ3v) is 5.15. The van der Waals surface area contributed by atoms with E-state index in [-0.39, 0.29) is 11.9 Å². The van der Waals surface area contributed by atoms with Crippen molar-refractivity contribution in [3.8, 4) is 0 Å². The largest absolute Gasteiger partial charge is 0.380 e. The molecule has 1 unspecified atom stereocenters. The number of hydrogen-bond donors (Lipinski definition) is 1. The molecule has 0 saturated heterocycles. The van der Waals surface area contributed by atoms with E-state index >= 15 is 0 Å². The fourth-order valence-corrected chi connectivity index (χ4v) is 3.63. The SMILES string of the molecule is Cc1ccccc1CNc1ccc(C(=O)N2c3ccccc3CC2C)nc1. The third kappa shape index (κ3) is 3.43. The molecule has 136 valence electrons. The zero-order valence-corrected chi connectivity index (χ0v) is 15.6. The number of carbonyl (C=O) groups excluding carboxylic acids is 1. The Labute approximate surface area is 159 Å². The molecule has 1 N–H and O–H groups in total. The number of carbonyl (C=O) groups is 1. The molecule has 0 fully saturated rings. The summed E-state index contributed by atoms with van der Waals surface area (Å²) in [5.74, 6) is -0.0436. The van der Waals surface area contributed by atoms with Crippen LogP contribution in [0.2, 0.25) is 0 Å². The number of para-hydroxylation sites is 1. The predicted molar refractivity (Wildman–Crippen MR) is 109 cm³/mol. The van der Waals surface area contributed by atoms with Crippen LogP contribution in [0.4, 0.5) is 11.4 Å². The summed E-state index contributed by atoms with van der Waals surface area (Å²) < 4.78 is 0. The molecule has 4 nitrogen and oxygen atoms in total. The summed E-state index contributed by atoms with van der Waals surface area (Å²) in [6, 6.07) is 20.3. The van der Waals surface area contributed by atoms with Gasteiger partial charge >= 0.3 is 0 Å². The van der Waals surface area contributed by atoms with Crippen LogP contribution in [-0.2, 0) is 13.0 Å². The quantitative estimate of drug-likeness (QED) is 0.742. The van der Waals surface area contributed by atoms with Crippen LogP contribution in [0, 0.1) is 6.92 Å². The van der Waals surface area contributed by atoms with Crippen molar-refractivity contribution in [1.29, 1.82) is 0 Å². The van der Waals surface area contributed by atoms with Crippen LogP contribution in [-0.4, -0.2) is 16.9 Å². The standard InChI is InChI=1S/C23H23N3O/c1-16-7-3-4-9-19(16)14-24-20-11-12-21(25-15-20)23(27)26-17(2)13-18-8-5-6-10-22(18)26/h3-12,15,17,24H,13-14H2,1-2H3. The molecule has 0 spiro atoms. The van der Waals surface area contributed by atoms with Gasteiger partial charge in [-0.3, -0.25) is 4.79 Å². The number of nitrogens with zero attached hydrogens (tertiary/aromatic N) is 2. The number of rotatable bonds is 4. The van der Waals surface area contributed by atoms with E-state index in [0.29, 0.717) is 5.69 Å². The maximum Gasteiger partial charge on any atom is 0.277 e. The van der Waals surface area contributed by atoms with E-state index < -0.39 is 0 Å². The fourth-order valence-electron chi connectivity index (χ4n) is 3.63. The van der Waals surface area contributed by atoms with Crippen LogP contribution in [0.1, 0.15) is 34.1 Å². The van der Waals surface area contributed by atoms with Gasteiger partial charge in [-0.15, -0.1) is 0 Å².